The maximum atomic E-state index is 11.8. The quantitative estimate of drug-likeness (QED) is 0.602. The zero-order valence-corrected chi connectivity index (χ0v) is 10.3. The zero-order valence-electron chi connectivity index (χ0n) is 10.3. The Balaban J connectivity index is 2.39. The Kier molecular flexibility index (Phi) is 3.98. The predicted molar refractivity (Wildman–Crippen MR) is 66.8 cm³/mol. The first-order valence-corrected chi connectivity index (χ1v) is 5.96. The Morgan fingerprint density at radius 3 is 2.89 bits per heavy atom. The van der Waals surface area contributed by atoms with E-state index < -0.39 is 29.7 Å². The summed E-state index contributed by atoms with van der Waals surface area (Å²) in [6.07, 6.45) is 1.13. The van der Waals surface area contributed by atoms with Crippen molar-refractivity contribution < 1.29 is 14.9 Å². The van der Waals surface area contributed by atoms with Crippen molar-refractivity contribution in [3.63, 3.8) is 0 Å². The molecule has 1 saturated heterocycles. The number of hydrogen-bond acceptors (Lipinski definition) is 5. The molecule has 0 spiro atoms. The van der Waals surface area contributed by atoms with Crippen molar-refractivity contribution in [3.05, 3.63) is 45.3 Å². The van der Waals surface area contributed by atoms with Crippen LogP contribution in [-0.2, 0) is 11.2 Å². The fourth-order valence-electron chi connectivity index (χ4n) is 2.11. The normalized spacial score (nSPS) is 26.5. The molecule has 0 saturated carbocycles. The highest BCUT2D eigenvalue weighted by molar-refractivity contribution is 5.09. The first-order valence-electron chi connectivity index (χ1n) is 5.96. The van der Waals surface area contributed by atoms with Crippen LogP contribution in [-0.4, -0.2) is 38.6 Å². The maximum absolute atomic E-state index is 11.8. The lowest BCUT2D eigenvalue weighted by Gasteiger charge is -2.17. The van der Waals surface area contributed by atoms with E-state index in [1.807, 2.05) is 0 Å². The van der Waals surface area contributed by atoms with Gasteiger partial charge in [-0.25, -0.2) is 4.79 Å². The second kappa shape index (κ2) is 5.52. The van der Waals surface area contributed by atoms with Crippen LogP contribution in [0.5, 0.6) is 0 Å². The van der Waals surface area contributed by atoms with Gasteiger partial charge in [-0.1, -0.05) is 6.08 Å². The lowest BCUT2D eigenvalue weighted by molar-refractivity contribution is -0.0531. The Morgan fingerprint density at radius 1 is 1.58 bits per heavy atom. The van der Waals surface area contributed by atoms with Crippen LogP contribution in [0.3, 0.4) is 0 Å². The van der Waals surface area contributed by atoms with Gasteiger partial charge in [0.1, 0.15) is 6.10 Å². The molecule has 0 radical (unpaired) electrons. The van der Waals surface area contributed by atoms with Gasteiger partial charge in [-0.3, -0.25) is 14.3 Å². The van der Waals surface area contributed by atoms with Gasteiger partial charge in [0.25, 0.3) is 5.56 Å². The molecule has 1 aliphatic heterocycles. The van der Waals surface area contributed by atoms with E-state index in [2.05, 4.69) is 11.6 Å². The third-order valence-electron chi connectivity index (χ3n) is 3.05. The van der Waals surface area contributed by atoms with Crippen LogP contribution < -0.4 is 11.2 Å². The summed E-state index contributed by atoms with van der Waals surface area (Å²) in [5.74, 6) is 0. The predicted octanol–water partition coefficient (Wildman–Crippen LogP) is -1.09. The number of hydrogen-bond donors (Lipinski definition) is 3. The topological polar surface area (TPSA) is 105 Å². The Labute approximate surface area is 108 Å². The van der Waals surface area contributed by atoms with Crippen LogP contribution in [0.4, 0.5) is 0 Å². The maximum Gasteiger partial charge on any atom is 0.330 e. The number of nitrogens with one attached hydrogen (secondary N) is 1. The van der Waals surface area contributed by atoms with Gasteiger partial charge >= 0.3 is 5.69 Å². The van der Waals surface area contributed by atoms with Crippen molar-refractivity contribution in [2.75, 3.05) is 6.61 Å². The SMILES string of the molecule is C=CCc1cn([C@H]2O[C@@H](CO)CC2O)c(=O)[nH]c1=O. The highest BCUT2D eigenvalue weighted by Gasteiger charge is 2.35. The number of H-pyrrole nitrogens is 1. The molecule has 1 fully saturated rings. The summed E-state index contributed by atoms with van der Waals surface area (Å²) in [4.78, 5) is 25.5. The molecule has 0 aliphatic carbocycles. The van der Waals surface area contributed by atoms with Crippen LogP contribution >= 0.6 is 0 Å². The Hall–Kier alpha value is -1.70. The molecule has 1 aromatic heterocycles. The highest BCUT2D eigenvalue weighted by Crippen LogP contribution is 2.27. The molecule has 7 nitrogen and oxygen atoms in total. The van der Waals surface area contributed by atoms with E-state index in [1.165, 1.54) is 6.20 Å². The van der Waals surface area contributed by atoms with E-state index in [-0.39, 0.29) is 13.0 Å². The third-order valence-corrected chi connectivity index (χ3v) is 3.05. The first kappa shape index (κ1) is 13.7. The molecular formula is C12H16N2O5. The number of nitrogens with zero attached hydrogens (tertiary/aromatic N) is 1. The number of aliphatic hydroxyl groups is 2. The molecular weight excluding hydrogens is 252 g/mol. The summed E-state index contributed by atoms with van der Waals surface area (Å²) >= 11 is 0. The lowest BCUT2D eigenvalue weighted by Crippen LogP contribution is -2.36. The van der Waals surface area contributed by atoms with Crippen molar-refractivity contribution in [1.29, 1.82) is 0 Å². The number of aromatic amines is 1. The second-order valence-corrected chi connectivity index (χ2v) is 4.45. The number of aromatic nitrogens is 2. The number of rotatable bonds is 4. The number of allylic oxidation sites excluding steroid dienone is 1. The molecule has 0 aromatic carbocycles. The molecule has 2 rings (SSSR count). The minimum absolute atomic E-state index is 0.231. The average molecular weight is 268 g/mol. The van der Waals surface area contributed by atoms with E-state index in [1.54, 1.807) is 6.08 Å². The van der Waals surface area contributed by atoms with Crippen LogP contribution in [0.25, 0.3) is 0 Å². The Bertz CT molecular complexity index is 576. The van der Waals surface area contributed by atoms with Gasteiger partial charge in [0, 0.05) is 18.2 Å². The van der Waals surface area contributed by atoms with E-state index in [0.29, 0.717) is 12.0 Å². The number of aliphatic hydroxyl groups excluding tert-OH is 2. The molecule has 19 heavy (non-hydrogen) atoms. The van der Waals surface area contributed by atoms with Gasteiger partial charge in [0.05, 0.1) is 12.7 Å². The largest absolute Gasteiger partial charge is 0.394 e. The van der Waals surface area contributed by atoms with Crippen molar-refractivity contribution in [3.8, 4) is 0 Å². The Morgan fingerprint density at radius 2 is 2.32 bits per heavy atom. The summed E-state index contributed by atoms with van der Waals surface area (Å²) in [5, 5.41) is 18.9. The molecule has 7 heteroatoms. The van der Waals surface area contributed by atoms with E-state index in [4.69, 9.17) is 9.84 Å². The lowest BCUT2D eigenvalue weighted by atomic mass is 10.2. The highest BCUT2D eigenvalue weighted by atomic mass is 16.5. The summed E-state index contributed by atoms with van der Waals surface area (Å²) in [6.45, 7) is 3.30. The monoisotopic (exact) mass is 268 g/mol. The van der Waals surface area contributed by atoms with Gasteiger partial charge in [0.2, 0.25) is 0 Å². The van der Waals surface area contributed by atoms with Crippen LogP contribution in [0.15, 0.2) is 28.4 Å². The van der Waals surface area contributed by atoms with Gasteiger partial charge in [-0.2, -0.15) is 0 Å². The minimum Gasteiger partial charge on any atom is -0.394 e. The second-order valence-electron chi connectivity index (χ2n) is 4.45. The third kappa shape index (κ3) is 2.67. The summed E-state index contributed by atoms with van der Waals surface area (Å²) in [6, 6.07) is 0. The average Bonchev–Trinajstić information content (AvgIpc) is 2.74. The molecule has 1 aromatic rings. The van der Waals surface area contributed by atoms with E-state index >= 15 is 0 Å². The van der Waals surface area contributed by atoms with Gasteiger partial charge in [0.15, 0.2) is 6.23 Å². The van der Waals surface area contributed by atoms with Crippen LogP contribution in [0.2, 0.25) is 0 Å². The first-order chi connectivity index (χ1) is 9.06. The summed E-state index contributed by atoms with van der Waals surface area (Å²) < 4.78 is 6.52. The van der Waals surface area contributed by atoms with Crippen molar-refractivity contribution >= 4 is 0 Å². The molecule has 3 N–H and O–H groups in total. The van der Waals surface area contributed by atoms with E-state index in [0.717, 1.165) is 4.57 Å². The number of ether oxygens (including phenoxy) is 1. The molecule has 0 amide bonds. The molecule has 3 atom stereocenters. The van der Waals surface area contributed by atoms with Gasteiger partial charge in [-0.15, -0.1) is 6.58 Å². The van der Waals surface area contributed by atoms with Gasteiger partial charge < -0.3 is 14.9 Å². The summed E-state index contributed by atoms with van der Waals surface area (Å²) in [5.41, 5.74) is -0.773. The van der Waals surface area contributed by atoms with Gasteiger partial charge in [-0.05, 0) is 6.42 Å². The van der Waals surface area contributed by atoms with Crippen LogP contribution in [0.1, 0.15) is 18.2 Å². The molecule has 0 bridgehead atoms. The molecule has 1 unspecified atom stereocenters. The van der Waals surface area contributed by atoms with E-state index in [9.17, 15) is 14.7 Å². The fraction of sp³-hybridized carbons (Fsp3) is 0.500. The smallest absolute Gasteiger partial charge is 0.330 e. The zero-order chi connectivity index (χ0) is 14.0. The van der Waals surface area contributed by atoms with Crippen molar-refractivity contribution in [2.45, 2.75) is 31.3 Å². The molecule has 2 heterocycles. The molecule has 1 aliphatic rings. The fourth-order valence-corrected chi connectivity index (χ4v) is 2.11. The minimum atomic E-state index is -0.905. The molecule has 104 valence electrons. The summed E-state index contributed by atoms with van der Waals surface area (Å²) in [7, 11) is 0. The van der Waals surface area contributed by atoms with Crippen LogP contribution in [0, 0.1) is 0 Å². The van der Waals surface area contributed by atoms with Crippen molar-refractivity contribution in [1.82, 2.24) is 9.55 Å². The van der Waals surface area contributed by atoms with Crippen molar-refractivity contribution in [2.24, 2.45) is 0 Å². The standard InChI is InChI=1S/C12H16N2O5/c1-2-3-7-5-14(12(18)13-10(7)17)11-9(16)4-8(6-15)19-11/h2,5,8-9,11,15-16H,1,3-4,6H2,(H,13,17,18)/t8-,9?,11+/m1/s1.